The minimum Gasteiger partial charge on any atom is -0.314 e. The largest absolute Gasteiger partial charge is 0.314 e. The smallest absolute Gasteiger partial charge is 0.0712 e. The quantitative estimate of drug-likeness (QED) is 0.451. The number of nitriles is 1. The third kappa shape index (κ3) is 2.00. The molecule has 1 heterocycles. The molecule has 1 fully saturated rings. The van der Waals surface area contributed by atoms with Gasteiger partial charge in [-0.1, -0.05) is 0 Å². The zero-order valence-corrected chi connectivity index (χ0v) is 5.35. The maximum absolute atomic E-state index is 8.49. The van der Waals surface area contributed by atoms with Crippen molar-refractivity contribution in [3.8, 4) is 6.07 Å². The van der Waals surface area contributed by atoms with E-state index in [9.17, 15) is 0 Å². The summed E-state index contributed by atoms with van der Waals surface area (Å²) in [4.78, 5) is 0. The number of hydrogen-bond donors (Lipinski definition) is 2. The molecule has 0 radical (unpaired) electrons. The Hall–Kier alpha value is -0.590. The molecule has 0 atom stereocenters. The summed E-state index contributed by atoms with van der Waals surface area (Å²) in [7, 11) is 0. The van der Waals surface area contributed by atoms with Crippen LogP contribution in [0.15, 0.2) is 0 Å². The Morgan fingerprint density at radius 1 is 1.22 bits per heavy atom. The van der Waals surface area contributed by atoms with Crippen LogP contribution in [0.25, 0.3) is 0 Å². The van der Waals surface area contributed by atoms with Gasteiger partial charge in [0.1, 0.15) is 0 Å². The normalized spacial score (nSPS) is 22.6. The highest BCUT2D eigenvalue weighted by molar-refractivity contribution is 4.87. The SMILES string of the molecule is N#CC1CNCCNC1. The summed E-state index contributed by atoms with van der Waals surface area (Å²) < 4.78 is 0. The third-order valence-corrected chi connectivity index (χ3v) is 1.44. The Labute approximate surface area is 55.1 Å². The van der Waals surface area contributed by atoms with E-state index in [4.69, 9.17) is 5.26 Å². The summed E-state index contributed by atoms with van der Waals surface area (Å²) >= 11 is 0. The monoisotopic (exact) mass is 125 g/mol. The first kappa shape index (κ1) is 6.53. The van der Waals surface area contributed by atoms with Crippen LogP contribution in [-0.4, -0.2) is 26.2 Å². The van der Waals surface area contributed by atoms with Crippen molar-refractivity contribution in [1.29, 1.82) is 5.26 Å². The molecule has 1 saturated heterocycles. The van der Waals surface area contributed by atoms with Crippen LogP contribution in [0.4, 0.5) is 0 Å². The van der Waals surface area contributed by atoms with E-state index in [-0.39, 0.29) is 5.92 Å². The van der Waals surface area contributed by atoms with Gasteiger partial charge in [0.2, 0.25) is 0 Å². The second kappa shape index (κ2) is 3.44. The molecule has 0 aromatic carbocycles. The van der Waals surface area contributed by atoms with Crippen LogP contribution in [0.5, 0.6) is 0 Å². The van der Waals surface area contributed by atoms with Gasteiger partial charge in [0.05, 0.1) is 12.0 Å². The number of rotatable bonds is 0. The van der Waals surface area contributed by atoms with Gasteiger partial charge in [-0.3, -0.25) is 0 Å². The van der Waals surface area contributed by atoms with Crippen LogP contribution < -0.4 is 10.6 Å². The molecule has 0 spiro atoms. The van der Waals surface area contributed by atoms with Crippen LogP contribution in [0, 0.1) is 17.2 Å². The Bertz CT molecular complexity index is 108. The summed E-state index contributed by atoms with van der Waals surface area (Å²) in [6.07, 6.45) is 0. The van der Waals surface area contributed by atoms with Crippen molar-refractivity contribution in [3.63, 3.8) is 0 Å². The van der Waals surface area contributed by atoms with Gasteiger partial charge < -0.3 is 10.6 Å². The maximum Gasteiger partial charge on any atom is 0.0712 e. The minimum atomic E-state index is 0.160. The molecule has 3 heteroatoms. The molecule has 1 rings (SSSR count). The second-order valence-corrected chi connectivity index (χ2v) is 2.23. The van der Waals surface area contributed by atoms with E-state index in [1.807, 2.05) is 0 Å². The highest BCUT2D eigenvalue weighted by Gasteiger charge is 2.08. The molecule has 0 amide bonds. The van der Waals surface area contributed by atoms with Gasteiger partial charge in [-0.05, 0) is 0 Å². The van der Waals surface area contributed by atoms with Crippen LogP contribution in [0.3, 0.4) is 0 Å². The van der Waals surface area contributed by atoms with Gasteiger partial charge >= 0.3 is 0 Å². The van der Waals surface area contributed by atoms with Gasteiger partial charge in [0.25, 0.3) is 0 Å². The number of nitrogens with zero attached hydrogens (tertiary/aromatic N) is 1. The zero-order chi connectivity index (χ0) is 6.53. The average molecular weight is 125 g/mol. The van der Waals surface area contributed by atoms with Crippen molar-refractivity contribution in [2.45, 2.75) is 0 Å². The predicted octanol–water partition coefficient (Wildman–Crippen LogP) is -0.681. The zero-order valence-electron chi connectivity index (χ0n) is 5.35. The first-order valence-electron chi connectivity index (χ1n) is 3.24. The van der Waals surface area contributed by atoms with E-state index in [1.54, 1.807) is 0 Å². The van der Waals surface area contributed by atoms with Gasteiger partial charge in [-0.2, -0.15) is 5.26 Å². The van der Waals surface area contributed by atoms with Crippen molar-refractivity contribution in [3.05, 3.63) is 0 Å². The van der Waals surface area contributed by atoms with Gasteiger partial charge in [0.15, 0.2) is 0 Å². The van der Waals surface area contributed by atoms with Crippen LogP contribution in [0.2, 0.25) is 0 Å². The van der Waals surface area contributed by atoms with Gasteiger partial charge in [-0.25, -0.2) is 0 Å². The van der Waals surface area contributed by atoms with Crippen LogP contribution in [0.1, 0.15) is 0 Å². The Morgan fingerprint density at radius 2 is 1.78 bits per heavy atom. The molecule has 0 saturated carbocycles. The number of hydrogen-bond acceptors (Lipinski definition) is 3. The molecular formula is C6H11N3. The van der Waals surface area contributed by atoms with E-state index in [0.29, 0.717) is 0 Å². The van der Waals surface area contributed by atoms with E-state index < -0.39 is 0 Å². The molecule has 9 heavy (non-hydrogen) atoms. The first-order chi connectivity index (χ1) is 4.43. The van der Waals surface area contributed by atoms with Gasteiger partial charge in [0, 0.05) is 26.2 Å². The molecule has 0 aliphatic carbocycles. The summed E-state index contributed by atoms with van der Waals surface area (Å²) in [6, 6.07) is 2.22. The first-order valence-corrected chi connectivity index (χ1v) is 3.24. The van der Waals surface area contributed by atoms with E-state index in [1.165, 1.54) is 0 Å². The van der Waals surface area contributed by atoms with Crippen LogP contribution >= 0.6 is 0 Å². The highest BCUT2D eigenvalue weighted by Crippen LogP contribution is 1.90. The fourth-order valence-electron chi connectivity index (χ4n) is 0.893. The number of nitrogens with one attached hydrogen (secondary N) is 2. The summed E-state index contributed by atoms with van der Waals surface area (Å²) in [6.45, 7) is 3.64. The molecule has 1 aliphatic rings. The van der Waals surface area contributed by atoms with Crippen molar-refractivity contribution in [1.82, 2.24) is 10.6 Å². The maximum atomic E-state index is 8.49. The molecule has 1 aliphatic heterocycles. The minimum absolute atomic E-state index is 0.160. The molecule has 0 unspecified atom stereocenters. The Morgan fingerprint density at radius 3 is 2.22 bits per heavy atom. The lowest BCUT2D eigenvalue weighted by molar-refractivity contribution is 0.609. The molecular weight excluding hydrogens is 114 g/mol. The fourth-order valence-corrected chi connectivity index (χ4v) is 0.893. The highest BCUT2D eigenvalue weighted by atomic mass is 15.0. The lowest BCUT2D eigenvalue weighted by Crippen LogP contribution is -2.21. The summed E-state index contributed by atoms with van der Waals surface area (Å²) in [5, 5.41) is 14.8. The van der Waals surface area contributed by atoms with Crippen molar-refractivity contribution in [2.75, 3.05) is 26.2 Å². The fraction of sp³-hybridized carbons (Fsp3) is 0.833. The van der Waals surface area contributed by atoms with E-state index in [0.717, 1.165) is 26.2 Å². The molecule has 0 bridgehead atoms. The molecule has 50 valence electrons. The summed E-state index contributed by atoms with van der Waals surface area (Å²) in [5.41, 5.74) is 0. The Balaban J connectivity index is 2.29. The van der Waals surface area contributed by atoms with Crippen molar-refractivity contribution < 1.29 is 0 Å². The lowest BCUT2D eigenvalue weighted by Gasteiger charge is -2.01. The van der Waals surface area contributed by atoms with E-state index >= 15 is 0 Å². The molecule has 2 N–H and O–H groups in total. The van der Waals surface area contributed by atoms with Crippen LogP contribution in [-0.2, 0) is 0 Å². The third-order valence-electron chi connectivity index (χ3n) is 1.44. The van der Waals surface area contributed by atoms with Gasteiger partial charge in [-0.15, -0.1) is 0 Å². The average Bonchev–Trinajstić information content (AvgIpc) is 2.13. The topological polar surface area (TPSA) is 47.9 Å². The molecule has 3 nitrogen and oxygen atoms in total. The van der Waals surface area contributed by atoms with E-state index in [2.05, 4.69) is 16.7 Å². The standard InChI is InChI=1S/C6H11N3/c7-3-6-4-8-1-2-9-5-6/h6,8-9H,1-2,4-5H2. The van der Waals surface area contributed by atoms with Crippen molar-refractivity contribution in [2.24, 2.45) is 5.92 Å². The Kier molecular flexibility index (Phi) is 2.49. The second-order valence-electron chi connectivity index (χ2n) is 2.23. The molecule has 0 aromatic heterocycles. The lowest BCUT2D eigenvalue weighted by atomic mass is 10.2. The molecule has 0 aromatic rings. The summed E-state index contributed by atoms with van der Waals surface area (Å²) in [5.74, 6) is 0.160. The van der Waals surface area contributed by atoms with Crippen molar-refractivity contribution >= 4 is 0 Å². The predicted molar refractivity (Wildman–Crippen MR) is 34.8 cm³/mol.